The van der Waals surface area contributed by atoms with E-state index in [9.17, 15) is 9.59 Å². The van der Waals surface area contributed by atoms with Crippen LogP contribution in [0.1, 0.15) is 41.8 Å². The second-order valence-corrected chi connectivity index (χ2v) is 4.42. The molecule has 1 aromatic rings. The van der Waals surface area contributed by atoms with Gasteiger partial charge in [0.25, 0.3) is 0 Å². The minimum atomic E-state index is -0.117. The lowest BCUT2D eigenvalue weighted by Crippen LogP contribution is -2.29. The number of ether oxygens (including phenoxy) is 1. The third-order valence-corrected chi connectivity index (χ3v) is 2.89. The first-order valence-electron chi connectivity index (χ1n) is 6.53. The Kier molecular flexibility index (Phi) is 5.55. The monoisotopic (exact) mass is 263 g/mol. The molecular weight excluding hydrogens is 242 g/mol. The van der Waals surface area contributed by atoms with E-state index in [1.54, 1.807) is 6.92 Å². The Morgan fingerprint density at radius 1 is 1.16 bits per heavy atom. The molecule has 0 bridgehead atoms. The molecule has 4 heteroatoms. The molecule has 19 heavy (non-hydrogen) atoms. The van der Waals surface area contributed by atoms with Crippen LogP contribution in [0.2, 0.25) is 0 Å². The van der Waals surface area contributed by atoms with E-state index in [0.717, 1.165) is 16.9 Å². The van der Waals surface area contributed by atoms with Gasteiger partial charge in [0.1, 0.15) is 5.75 Å². The third kappa shape index (κ3) is 4.09. The molecular formula is C15H21NO3. The smallest absolute Gasteiger partial charge is 0.220 e. The molecule has 0 aliphatic carbocycles. The SMILES string of the molecule is CCOc1cc(C)c(C(=O)CNC(=O)CC)cc1C. The number of benzene rings is 1. The number of hydrogen-bond acceptors (Lipinski definition) is 3. The minimum Gasteiger partial charge on any atom is -0.494 e. The second kappa shape index (κ2) is 6.92. The van der Waals surface area contributed by atoms with Crippen LogP contribution in [0.3, 0.4) is 0 Å². The van der Waals surface area contributed by atoms with E-state index in [4.69, 9.17) is 4.74 Å². The first kappa shape index (κ1) is 15.2. The highest BCUT2D eigenvalue weighted by Crippen LogP contribution is 2.23. The Morgan fingerprint density at radius 2 is 1.84 bits per heavy atom. The van der Waals surface area contributed by atoms with Gasteiger partial charge in [-0.05, 0) is 44.0 Å². The van der Waals surface area contributed by atoms with Crippen LogP contribution in [0.4, 0.5) is 0 Å². The van der Waals surface area contributed by atoms with Gasteiger partial charge >= 0.3 is 0 Å². The van der Waals surface area contributed by atoms with Crippen molar-refractivity contribution in [2.75, 3.05) is 13.2 Å². The molecule has 0 fully saturated rings. The van der Waals surface area contributed by atoms with Gasteiger partial charge in [-0.2, -0.15) is 0 Å². The molecule has 0 heterocycles. The molecule has 1 amide bonds. The van der Waals surface area contributed by atoms with Gasteiger partial charge in [-0.3, -0.25) is 9.59 Å². The lowest BCUT2D eigenvalue weighted by atomic mass is 10.0. The molecule has 0 aromatic heterocycles. The number of amides is 1. The molecule has 4 nitrogen and oxygen atoms in total. The number of carbonyl (C=O) groups excluding carboxylic acids is 2. The van der Waals surface area contributed by atoms with Gasteiger partial charge in [-0.1, -0.05) is 6.92 Å². The normalized spacial score (nSPS) is 10.1. The number of nitrogens with one attached hydrogen (secondary N) is 1. The first-order chi connectivity index (χ1) is 8.99. The van der Waals surface area contributed by atoms with Crippen molar-refractivity contribution < 1.29 is 14.3 Å². The molecule has 0 aliphatic heterocycles. The summed E-state index contributed by atoms with van der Waals surface area (Å²) >= 11 is 0. The summed E-state index contributed by atoms with van der Waals surface area (Å²) < 4.78 is 5.49. The van der Waals surface area contributed by atoms with Crippen LogP contribution < -0.4 is 10.1 Å². The van der Waals surface area contributed by atoms with Crippen molar-refractivity contribution in [2.24, 2.45) is 0 Å². The van der Waals surface area contributed by atoms with Crippen LogP contribution in [0.25, 0.3) is 0 Å². The second-order valence-electron chi connectivity index (χ2n) is 4.42. The Labute approximate surface area is 114 Å². The fourth-order valence-electron chi connectivity index (χ4n) is 1.80. The Hall–Kier alpha value is -1.84. The van der Waals surface area contributed by atoms with Crippen molar-refractivity contribution in [3.8, 4) is 5.75 Å². The van der Waals surface area contributed by atoms with Crippen LogP contribution in [-0.4, -0.2) is 24.8 Å². The summed E-state index contributed by atoms with van der Waals surface area (Å²) in [5, 5.41) is 2.60. The van der Waals surface area contributed by atoms with Gasteiger partial charge in [-0.25, -0.2) is 0 Å². The summed E-state index contributed by atoms with van der Waals surface area (Å²) in [7, 11) is 0. The van der Waals surface area contributed by atoms with E-state index in [2.05, 4.69) is 5.32 Å². The lowest BCUT2D eigenvalue weighted by molar-refractivity contribution is -0.120. The van der Waals surface area contributed by atoms with Crippen molar-refractivity contribution in [3.63, 3.8) is 0 Å². The Bertz CT molecular complexity index is 481. The number of rotatable bonds is 6. The zero-order valence-electron chi connectivity index (χ0n) is 12.0. The summed E-state index contributed by atoms with van der Waals surface area (Å²) in [6.45, 7) is 8.10. The molecule has 1 N–H and O–H groups in total. The van der Waals surface area contributed by atoms with E-state index in [0.29, 0.717) is 18.6 Å². The fraction of sp³-hybridized carbons (Fsp3) is 0.467. The lowest BCUT2D eigenvalue weighted by Gasteiger charge is -2.12. The van der Waals surface area contributed by atoms with Crippen LogP contribution in [0, 0.1) is 13.8 Å². The summed E-state index contributed by atoms with van der Waals surface area (Å²) in [5.74, 6) is 0.605. The molecule has 0 aliphatic rings. The summed E-state index contributed by atoms with van der Waals surface area (Å²) in [6.07, 6.45) is 0.383. The van der Waals surface area contributed by atoms with Crippen LogP contribution >= 0.6 is 0 Å². The van der Waals surface area contributed by atoms with Crippen molar-refractivity contribution in [3.05, 3.63) is 28.8 Å². The van der Waals surface area contributed by atoms with Gasteiger partial charge in [0.2, 0.25) is 5.91 Å². The van der Waals surface area contributed by atoms with E-state index in [1.807, 2.05) is 32.9 Å². The molecule has 0 radical (unpaired) electrons. The summed E-state index contributed by atoms with van der Waals surface area (Å²) in [6, 6.07) is 3.69. The van der Waals surface area contributed by atoms with Crippen molar-refractivity contribution in [2.45, 2.75) is 34.1 Å². The van der Waals surface area contributed by atoms with E-state index in [1.165, 1.54) is 0 Å². The summed E-state index contributed by atoms with van der Waals surface area (Å²) in [5.41, 5.74) is 2.43. The maximum atomic E-state index is 12.1. The maximum absolute atomic E-state index is 12.1. The average molecular weight is 263 g/mol. The summed E-state index contributed by atoms with van der Waals surface area (Å²) in [4.78, 5) is 23.2. The molecule has 1 aromatic carbocycles. The number of aryl methyl sites for hydroxylation is 2. The zero-order chi connectivity index (χ0) is 14.4. The first-order valence-corrected chi connectivity index (χ1v) is 6.53. The number of hydrogen-bond donors (Lipinski definition) is 1. The average Bonchev–Trinajstić information content (AvgIpc) is 2.39. The number of carbonyl (C=O) groups is 2. The molecule has 0 unspecified atom stereocenters. The van der Waals surface area contributed by atoms with Crippen molar-refractivity contribution >= 4 is 11.7 Å². The predicted octanol–water partition coefficient (Wildman–Crippen LogP) is 2.41. The fourth-order valence-corrected chi connectivity index (χ4v) is 1.80. The molecule has 104 valence electrons. The number of ketones is 1. The highest BCUT2D eigenvalue weighted by molar-refractivity contribution is 6.00. The largest absolute Gasteiger partial charge is 0.494 e. The van der Waals surface area contributed by atoms with Crippen molar-refractivity contribution in [1.82, 2.24) is 5.32 Å². The van der Waals surface area contributed by atoms with Gasteiger partial charge < -0.3 is 10.1 Å². The third-order valence-electron chi connectivity index (χ3n) is 2.89. The van der Waals surface area contributed by atoms with Gasteiger partial charge in [0.15, 0.2) is 5.78 Å². The topological polar surface area (TPSA) is 55.4 Å². The number of Topliss-reactive ketones (excluding diaryl/α,β-unsaturated/α-hetero) is 1. The van der Waals surface area contributed by atoms with Crippen molar-refractivity contribution in [1.29, 1.82) is 0 Å². The highest BCUT2D eigenvalue weighted by atomic mass is 16.5. The maximum Gasteiger partial charge on any atom is 0.220 e. The molecule has 0 saturated carbocycles. The zero-order valence-corrected chi connectivity index (χ0v) is 12.0. The van der Waals surface area contributed by atoms with Gasteiger partial charge in [0.05, 0.1) is 13.2 Å². The van der Waals surface area contributed by atoms with Crippen LogP contribution in [-0.2, 0) is 4.79 Å². The van der Waals surface area contributed by atoms with Crippen LogP contribution in [0.5, 0.6) is 5.75 Å². The predicted molar refractivity (Wildman–Crippen MR) is 74.7 cm³/mol. The standard InChI is InChI=1S/C15H21NO3/c1-5-15(18)16-9-13(17)12-7-11(4)14(19-6-2)8-10(12)3/h7-8H,5-6,9H2,1-4H3,(H,16,18). The minimum absolute atomic E-state index is 0.0426. The quantitative estimate of drug-likeness (QED) is 0.802. The molecule has 0 saturated heterocycles. The highest BCUT2D eigenvalue weighted by Gasteiger charge is 2.13. The Morgan fingerprint density at radius 3 is 2.42 bits per heavy atom. The van der Waals surface area contributed by atoms with Gasteiger partial charge in [-0.15, -0.1) is 0 Å². The van der Waals surface area contributed by atoms with Crippen LogP contribution in [0.15, 0.2) is 12.1 Å². The van der Waals surface area contributed by atoms with E-state index in [-0.39, 0.29) is 18.2 Å². The molecule has 0 atom stereocenters. The van der Waals surface area contributed by atoms with E-state index < -0.39 is 0 Å². The Balaban J connectivity index is 2.86. The van der Waals surface area contributed by atoms with Gasteiger partial charge in [0, 0.05) is 12.0 Å². The molecule has 0 spiro atoms. The van der Waals surface area contributed by atoms with E-state index >= 15 is 0 Å². The molecule has 1 rings (SSSR count).